The minimum atomic E-state index is -7.67. The molecule has 4 nitrogen and oxygen atoms in total. The lowest BCUT2D eigenvalue weighted by Crippen LogP contribution is -2.57. The average Bonchev–Trinajstić information content (AvgIpc) is 2.30. The Labute approximate surface area is 128 Å². The molecule has 0 aromatic rings. The fourth-order valence-corrected chi connectivity index (χ4v) is 1.27. The first-order valence-electron chi connectivity index (χ1n) is 5.07. The molecular weight excluding hydrogens is 427 g/mol. The Balaban J connectivity index is 5.80. The van der Waals surface area contributed by atoms with Crippen molar-refractivity contribution < 1.29 is 74.5 Å². The first kappa shape index (κ1) is 24.0. The van der Waals surface area contributed by atoms with Crippen LogP contribution in [-0.2, 0) is 19.7 Å². The smallest absolute Gasteiger partial charge is 0.309 e. The SMILES string of the molecule is O=S(=O)(F)C(F)(F)C(F)(F)OC(C(F)(F)F)C(F)(F)OCC(F)(F)F. The molecule has 0 fully saturated rings. The van der Waals surface area contributed by atoms with Gasteiger partial charge in [0.1, 0.15) is 6.61 Å². The van der Waals surface area contributed by atoms with Crippen LogP contribution in [0.2, 0.25) is 0 Å². The van der Waals surface area contributed by atoms with Crippen LogP contribution in [0.15, 0.2) is 0 Å². The van der Waals surface area contributed by atoms with Crippen LogP contribution in [0.5, 0.6) is 0 Å². The highest BCUT2D eigenvalue weighted by atomic mass is 32.3. The Morgan fingerprint density at radius 2 is 1.20 bits per heavy atom. The van der Waals surface area contributed by atoms with Crippen molar-refractivity contribution in [2.24, 2.45) is 0 Å². The van der Waals surface area contributed by atoms with E-state index < -0.39 is 52.8 Å². The van der Waals surface area contributed by atoms with E-state index in [1.165, 1.54) is 0 Å². The van der Waals surface area contributed by atoms with Crippen molar-refractivity contribution in [3.05, 3.63) is 0 Å². The molecule has 0 aliphatic rings. The van der Waals surface area contributed by atoms with Crippen molar-refractivity contribution in [1.82, 2.24) is 0 Å². The van der Waals surface area contributed by atoms with Gasteiger partial charge in [-0.15, -0.1) is 0 Å². The lowest BCUT2D eigenvalue weighted by molar-refractivity contribution is -0.438. The quantitative estimate of drug-likeness (QED) is 0.458. The molecular formula is C7H3F13O4S. The normalized spacial score (nSPS) is 16.8. The van der Waals surface area contributed by atoms with Gasteiger partial charge >= 0.3 is 40.0 Å². The minimum absolute atomic E-state index is 1.95. The van der Waals surface area contributed by atoms with Crippen molar-refractivity contribution in [1.29, 1.82) is 0 Å². The summed E-state index contributed by atoms with van der Waals surface area (Å²) in [5.74, 6) is 0. The molecule has 0 radical (unpaired) electrons. The third-order valence-corrected chi connectivity index (χ3v) is 2.79. The Kier molecular flexibility index (Phi) is 6.33. The summed E-state index contributed by atoms with van der Waals surface area (Å²) >= 11 is 0. The molecule has 0 rings (SSSR count). The third kappa shape index (κ3) is 6.01. The predicted molar refractivity (Wildman–Crippen MR) is 47.8 cm³/mol. The zero-order chi connectivity index (χ0) is 20.7. The number of hydrogen-bond donors (Lipinski definition) is 0. The predicted octanol–water partition coefficient (Wildman–Crippen LogP) is 3.59. The standard InChI is InChI=1S/C7H3F13O4S/c8-3(9,10)1-23-5(14,15)2(4(11,12)13)24-6(16,17)7(18,19)25(20,21)22/h2H,1H2. The van der Waals surface area contributed by atoms with Crippen molar-refractivity contribution in [3.8, 4) is 0 Å². The van der Waals surface area contributed by atoms with Gasteiger partial charge in [-0.1, -0.05) is 3.89 Å². The molecule has 0 spiro atoms. The van der Waals surface area contributed by atoms with Crippen LogP contribution in [0, 0.1) is 0 Å². The van der Waals surface area contributed by atoms with Crippen LogP contribution in [0.25, 0.3) is 0 Å². The molecule has 0 aliphatic carbocycles. The first-order valence-corrected chi connectivity index (χ1v) is 6.46. The molecule has 152 valence electrons. The van der Waals surface area contributed by atoms with Crippen molar-refractivity contribution in [2.45, 2.75) is 35.9 Å². The molecule has 18 heteroatoms. The maximum Gasteiger partial charge on any atom is 0.464 e. The van der Waals surface area contributed by atoms with Crippen LogP contribution in [0.4, 0.5) is 56.6 Å². The topological polar surface area (TPSA) is 52.6 Å². The minimum Gasteiger partial charge on any atom is -0.309 e. The summed E-state index contributed by atoms with van der Waals surface area (Å²) in [6.45, 7) is -3.15. The molecule has 1 unspecified atom stereocenters. The van der Waals surface area contributed by atoms with Gasteiger partial charge in [0.15, 0.2) is 0 Å². The Bertz CT molecular complexity index is 562. The van der Waals surface area contributed by atoms with Gasteiger partial charge in [-0.3, -0.25) is 4.74 Å². The highest BCUT2D eigenvalue weighted by Crippen LogP contribution is 2.46. The maximum absolute atomic E-state index is 12.9. The number of alkyl halides is 12. The third-order valence-electron chi connectivity index (χ3n) is 1.94. The lowest BCUT2D eigenvalue weighted by Gasteiger charge is -2.32. The molecule has 0 aromatic heterocycles. The molecule has 0 bridgehead atoms. The van der Waals surface area contributed by atoms with E-state index in [1.807, 2.05) is 4.74 Å². The van der Waals surface area contributed by atoms with Crippen molar-refractivity contribution in [2.75, 3.05) is 6.61 Å². The molecule has 0 amide bonds. The highest BCUT2D eigenvalue weighted by molar-refractivity contribution is 7.87. The molecule has 0 saturated carbocycles. The summed E-state index contributed by atoms with van der Waals surface area (Å²) in [6.07, 6.45) is -31.4. The Hall–Kier alpha value is -1.04. The fraction of sp³-hybridized carbons (Fsp3) is 1.00. The summed E-state index contributed by atoms with van der Waals surface area (Å²) < 4.78 is 184. The van der Waals surface area contributed by atoms with Crippen LogP contribution in [0.3, 0.4) is 0 Å². The first-order chi connectivity index (χ1) is 10.5. The van der Waals surface area contributed by atoms with E-state index in [-0.39, 0.29) is 0 Å². The Morgan fingerprint density at radius 3 is 1.48 bits per heavy atom. The van der Waals surface area contributed by atoms with Gasteiger partial charge < -0.3 is 4.74 Å². The van der Waals surface area contributed by atoms with Gasteiger partial charge in [0.25, 0.3) is 0 Å². The van der Waals surface area contributed by atoms with E-state index >= 15 is 0 Å². The van der Waals surface area contributed by atoms with Gasteiger partial charge in [0, 0.05) is 0 Å². The molecule has 0 aliphatic heterocycles. The highest BCUT2D eigenvalue weighted by Gasteiger charge is 2.73. The van der Waals surface area contributed by atoms with E-state index in [0.717, 1.165) is 0 Å². The van der Waals surface area contributed by atoms with E-state index in [2.05, 4.69) is 4.74 Å². The summed E-state index contributed by atoms with van der Waals surface area (Å²) in [4.78, 5) is 0. The summed E-state index contributed by atoms with van der Waals surface area (Å²) in [7, 11) is -7.67. The average molecular weight is 430 g/mol. The van der Waals surface area contributed by atoms with E-state index in [0.29, 0.717) is 0 Å². The van der Waals surface area contributed by atoms with Crippen molar-refractivity contribution >= 4 is 10.2 Å². The van der Waals surface area contributed by atoms with Gasteiger partial charge in [-0.05, 0) is 0 Å². The van der Waals surface area contributed by atoms with Crippen LogP contribution in [-0.4, -0.2) is 51.0 Å². The second-order valence-corrected chi connectivity index (χ2v) is 5.36. The second-order valence-electron chi connectivity index (χ2n) is 3.98. The summed E-state index contributed by atoms with van der Waals surface area (Å²) in [6, 6.07) is 0. The lowest BCUT2D eigenvalue weighted by atomic mass is 10.3. The number of rotatable bonds is 7. The van der Waals surface area contributed by atoms with E-state index in [1.54, 1.807) is 0 Å². The molecule has 0 N–H and O–H groups in total. The maximum atomic E-state index is 12.9. The molecule has 1 atom stereocenters. The zero-order valence-electron chi connectivity index (χ0n) is 10.7. The number of ether oxygens (including phenoxy) is 2. The zero-order valence-corrected chi connectivity index (χ0v) is 11.6. The monoisotopic (exact) mass is 430 g/mol. The molecule has 0 heterocycles. The van der Waals surface area contributed by atoms with Crippen LogP contribution >= 0.6 is 0 Å². The van der Waals surface area contributed by atoms with Crippen molar-refractivity contribution in [3.63, 3.8) is 0 Å². The van der Waals surface area contributed by atoms with Gasteiger partial charge in [0.05, 0.1) is 0 Å². The molecule has 0 saturated heterocycles. The number of halogens is 13. The van der Waals surface area contributed by atoms with Gasteiger partial charge in [0.2, 0.25) is 6.10 Å². The van der Waals surface area contributed by atoms with Gasteiger partial charge in [-0.25, -0.2) is 0 Å². The Morgan fingerprint density at radius 1 is 0.800 bits per heavy atom. The largest absolute Gasteiger partial charge is 0.464 e. The molecule has 0 aromatic carbocycles. The van der Waals surface area contributed by atoms with Crippen LogP contribution in [0.1, 0.15) is 0 Å². The fourth-order valence-electron chi connectivity index (χ4n) is 0.938. The number of hydrogen-bond acceptors (Lipinski definition) is 4. The summed E-state index contributed by atoms with van der Waals surface area (Å²) in [5.41, 5.74) is 0. The van der Waals surface area contributed by atoms with E-state index in [4.69, 9.17) is 0 Å². The molecule has 25 heavy (non-hydrogen) atoms. The van der Waals surface area contributed by atoms with Crippen LogP contribution < -0.4 is 0 Å². The van der Waals surface area contributed by atoms with E-state index in [9.17, 15) is 65.0 Å². The van der Waals surface area contributed by atoms with Gasteiger partial charge in [-0.2, -0.15) is 61.1 Å². The second kappa shape index (κ2) is 6.60. The summed E-state index contributed by atoms with van der Waals surface area (Å²) in [5, 5.41) is -7.08.